The van der Waals surface area contributed by atoms with Crippen molar-refractivity contribution < 1.29 is 14.4 Å². The highest BCUT2D eigenvalue weighted by Gasteiger charge is 2.14. The van der Waals surface area contributed by atoms with Gasteiger partial charge >= 0.3 is 5.63 Å². The highest BCUT2D eigenvalue weighted by atomic mass is 16.6. The van der Waals surface area contributed by atoms with Crippen LogP contribution in [0.3, 0.4) is 0 Å². The van der Waals surface area contributed by atoms with Crippen molar-refractivity contribution in [3.63, 3.8) is 0 Å². The molecule has 0 bridgehead atoms. The summed E-state index contributed by atoms with van der Waals surface area (Å²) in [6.45, 7) is 5.73. The molecule has 0 aliphatic heterocycles. The van der Waals surface area contributed by atoms with Crippen molar-refractivity contribution in [2.45, 2.75) is 33.6 Å². The van der Waals surface area contributed by atoms with E-state index in [4.69, 9.17) is 9.25 Å². The zero-order valence-electron chi connectivity index (χ0n) is 10.3. The number of nitrogens with zero attached hydrogens (tertiary/aromatic N) is 1. The summed E-state index contributed by atoms with van der Waals surface area (Å²) in [7, 11) is 0. The van der Waals surface area contributed by atoms with E-state index in [1.54, 1.807) is 13.8 Å². The lowest BCUT2D eigenvalue weighted by Gasteiger charge is -2.04. The molecule has 1 aromatic heterocycles. The third-order valence-electron chi connectivity index (χ3n) is 2.17. The highest BCUT2D eigenvalue weighted by molar-refractivity contribution is 6.00. The van der Waals surface area contributed by atoms with Crippen molar-refractivity contribution in [3.05, 3.63) is 27.8 Å². The summed E-state index contributed by atoms with van der Waals surface area (Å²) < 4.78 is 5.08. The van der Waals surface area contributed by atoms with Gasteiger partial charge in [-0.15, -0.1) is 0 Å². The van der Waals surface area contributed by atoms with Gasteiger partial charge in [0.05, 0.1) is 5.71 Å². The molecular weight excluding hydrogens is 222 g/mol. The molecular formula is C12H17NO4. The Hall–Kier alpha value is -1.78. The maximum absolute atomic E-state index is 11.7. The largest absolute Gasteiger partial charge is 0.507 e. The minimum atomic E-state index is -0.589. The molecule has 0 atom stereocenters. The average Bonchev–Trinajstić information content (AvgIpc) is 2.25. The van der Waals surface area contributed by atoms with Crippen LogP contribution in [0.1, 0.15) is 38.5 Å². The van der Waals surface area contributed by atoms with E-state index >= 15 is 0 Å². The Labute approximate surface area is 99.7 Å². The first-order valence-corrected chi connectivity index (χ1v) is 5.63. The smallest absolute Gasteiger partial charge is 0.348 e. The van der Waals surface area contributed by atoms with Gasteiger partial charge in [0.2, 0.25) is 0 Å². The molecule has 0 aromatic carbocycles. The second-order valence-corrected chi connectivity index (χ2v) is 3.60. The maximum atomic E-state index is 11.7. The fourth-order valence-corrected chi connectivity index (χ4v) is 1.44. The monoisotopic (exact) mass is 239 g/mol. The lowest BCUT2D eigenvalue weighted by atomic mass is 10.1. The Morgan fingerprint density at radius 2 is 2.24 bits per heavy atom. The van der Waals surface area contributed by atoms with E-state index in [1.807, 2.05) is 6.92 Å². The predicted molar refractivity (Wildman–Crippen MR) is 64.5 cm³/mol. The second-order valence-electron chi connectivity index (χ2n) is 3.60. The third-order valence-corrected chi connectivity index (χ3v) is 2.17. The Morgan fingerprint density at radius 1 is 1.53 bits per heavy atom. The van der Waals surface area contributed by atoms with Crippen LogP contribution in [0.25, 0.3) is 0 Å². The molecule has 1 aromatic rings. The lowest BCUT2D eigenvalue weighted by Crippen LogP contribution is -2.14. The topological polar surface area (TPSA) is 72.0 Å². The minimum Gasteiger partial charge on any atom is -0.507 e. The fraction of sp³-hybridized carbons (Fsp3) is 0.500. The van der Waals surface area contributed by atoms with Gasteiger partial charge in [0.25, 0.3) is 0 Å². The van der Waals surface area contributed by atoms with Crippen molar-refractivity contribution in [1.82, 2.24) is 0 Å². The Kier molecular flexibility index (Phi) is 4.75. The molecule has 0 unspecified atom stereocenters. The van der Waals surface area contributed by atoms with E-state index < -0.39 is 5.63 Å². The van der Waals surface area contributed by atoms with Gasteiger partial charge in [-0.05, 0) is 20.3 Å². The Morgan fingerprint density at radius 3 is 2.76 bits per heavy atom. The minimum absolute atomic E-state index is 0.0540. The molecule has 0 saturated heterocycles. The molecule has 1 N–H and O–H groups in total. The van der Waals surface area contributed by atoms with Crippen LogP contribution in [0, 0.1) is 0 Å². The summed E-state index contributed by atoms with van der Waals surface area (Å²) in [4.78, 5) is 16.5. The molecule has 5 heteroatoms. The normalized spacial score (nSPS) is 11.6. The van der Waals surface area contributed by atoms with Gasteiger partial charge in [-0.25, -0.2) is 4.79 Å². The first-order valence-electron chi connectivity index (χ1n) is 5.63. The third kappa shape index (κ3) is 3.34. The first-order chi connectivity index (χ1) is 8.10. The van der Waals surface area contributed by atoms with Crippen LogP contribution in [-0.2, 0) is 11.3 Å². The molecule has 1 rings (SSSR count). The van der Waals surface area contributed by atoms with Crippen molar-refractivity contribution in [2.24, 2.45) is 5.16 Å². The molecule has 0 radical (unpaired) electrons. The molecule has 1 heterocycles. The summed E-state index contributed by atoms with van der Waals surface area (Å²) in [6, 6.07) is 1.45. The summed E-state index contributed by atoms with van der Waals surface area (Å²) in [5, 5.41) is 13.5. The number of oxime groups is 1. The number of aryl methyl sites for hydroxylation is 1. The molecule has 5 nitrogen and oxygen atoms in total. The van der Waals surface area contributed by atoms with Crippen LogP contribution in [0.15, 0.2) is 20.4 Å². The molecule has 94 valence electrons. The molecule has 0 fully saturated rings. The van der Waals surface area contributed by atoms with Gasteiger partial charge in [0, 0.05) is 12.5 Å². The average molecular weight is 239 g/mol. The van der Waals surface area contributed by atoms with Crippen molar-refractivity contribution >= 4 is 5.71 Å². The summed E-state index contributed by atoms with van der Waals surface area (Å²) in [5.74, 6) is 0.355. The zero-order chi connectivity index (χ0) is 12.8. The van der Waals surface area contributed by atoms with Gasteiger partial charge in [0.15, 0.2) is 0 Å². The van der Waals surface area contributed by atoms with Crippen LogP contribution < -0.4 is 5.63 Å². The molecule has 0 spiro atoms. The molecule has 17 heavy (non-hydrogen) atoms. The molecule has 0 amide bonds. The van der Waals surface area contributed by atoms with E-state index in [9.17, 15) is 9.90 Å². The predicted octanol–water partition coefficient (Wildman–Crippen LogP) is 2.06. The van der Waals surface area contributed by atoms with Gasteiger partial charge in [-0.2, -0.15) is 0 Å². The van der Waals surface area contributed by atoms with E-state index in [-0.39, 0.29) is 11.3 Å². The van der Waals surface area contributed by atoms with Crippen molar-refractivity contribution in [2.75, 3.05) is 6.61 Å². The summed E-state index contributed by atoms with van der Waals surface area (Å²) in [5.41, 5.74) is -0.228. The quantitative estimate of drug-likeness (QED) is 0.630. The number of hydrogen-bond acceptors (Lipinski definition) is 5. The van der Waals surface area contributed by atoms with Crippen LogP contribution in [-0.4, -0.2) is 17.4 Å². The number of rotatable bonds is 5. The Bertz CT molecular complexity index is 462. The van der Waals surface area contributed by atoms with Crippen LogP contribution in [0.5, 0.6) is 5.75 Å². The molecule has 0 aliphatic rings. The van der Waals surface area contributed by atoms with Crippen LogP contribution >= 0.6 is 0 Å². The number of aromatic hydroxyl groups is 1. The van der Waals surface area contributed by atoms with Crippen molar-refractivity contribution in [3.8, 4) is 5.75 Å². The summed E-state index contributed by atoms with van der Waals surface area (Å²) in [6.07, 6.45) is 1.46. The van der Waals surface area contributed by atoms with Crippen molar-refractivity contribution in [1.29, 1.82) is 0 Å². The Balaban J connectivity index is 3.14. The van der Waals surface area contributed by atoms with E-state index in [1.165, 1.54) is 6.07 Å². The number of hydrogen-bond donors (Lipinski definition) is 1. The molecule has 0 saturated carbocycles. The van der Waals surface area contributed by atoms with E-state index in [2.05, 4.69) is 5.16 Å². The lowest BCUT2D eigenvalue weighted by molar-refractivity contribution is 0.158. The highest BCUT2D eigenvalue weighted by Crippen LogP contribution is 2.17. The van der Waals surface area contributed by atoms with Crippen LogP contribution in [0.4, 0.5) is 0 Å². The maximum Gasteiger partial charge on any atom is 0.348 e. The van der Waals surface area contributed by atoms with E-state index in [0.717, 1.165) is 6.42 Å². The van der Waals surface area contributed by atoms with Crippen LogP contribution in [0.2, 0.25) is 0 Å². The second kappa shape index (κ2) is 6.08. The van der Waals surface area contributed by atoms with Gasteiger partial charge in [-0.3, -0.25) is 0 Å². The van der Waals surface area contributed by atoms with Gasteiger partial charge < -0.3 is 14.4 Å². The van der Waals surface area contributed by atoms with Gasteiger partial charge in [-0.1, -0.05) is 12.1 Å². The fourth-order valence-electron chi connectivity index (χ4n) is 1.44. The van der Waals surface area contributed by atoms with E-state index in [0.29, 0.717) is 24.5 Å². The zero-order valence-corrected chi connectivity index (χ0v) is 10.3. The molecule has 0 aliphatic carbocycles. The SMILES string of the molecule is CCCc1cc(O)c(C(C)=NOCC)c(=O)o1. The first kappa shape index (κ1) is 13.3. The van der Waals surface area contributed by atoms with Gasteiger partial charge in [0.1, 0.15) is 23.7 Å². The standard InChI is InChI=1S/C12H17NO4/c1-4-6-9-7-10(14)11(12(15)17-9)8(3)13-16-5-2/h7,14H,4-6H2,1-3H3. The summed E-state index contributed by atoms with van der Waals surface area (Å²) >= 11 is 0.